The maximum atomic E-state index is 12.9. The highest BCUT2D eigenvalue weighted by Gasteiger charge is 2.26. The second kappa shape index (κ2) is 9.98. The Labute approximate surface area is 181 Å². The number of halogens is 1. The smallest absolute Gasteiger partial charge is 0.243 e. The van der Waals surface area contributed by atoms with Gasteiger partial charge in [0.15, 0.2) is 0 Å². The van der Waals surface area contributed by atoms with E-state index in [-0.39, 0.29) is 16.6 Å². The van der Waals surface area contributed by atoms with Crippen LogP contribution < -0.4 is 5.32 Å². The Kier molecular flexibility index (Phi) is 7.62. The number of piperidine rings is 1. The highest BCUT2D eigenvalue weighted by molar-refractivity contribution is 7.99. The summed E-state index contributed by atoms with van der Waals surface area (Å²) in [5, 5.41) is 3.54. The van der Waals surface area contributed by atoms with Crippen LogP contribution in [0.2, 0.25) is 5.02 Å². The van der Waals surface area contributed by atoms with Crippen LogP contribution in [-0.4, -0.2) is 37.5 Å². The minimum Gasteiger partial charge on any atom is -0.325 e. The number of benzene rings is 2. The predicted octanol–water partition coefficient (Wildman–Crippen LogP) is 4.69. The van der Waals surface area contributed by atoms with Crippen molar-refractivity contribution in [3.8, 4) is 0 Å². The number of carbonyl (C=O) groups excluding carboxylic acids is 1. The molecule has 1 N–H and O–H groups in total. The van der Waals surface area contributed by atoms with Crippen LogP contribution in [-0.2, 0) is 20.6 Å². The van der Waals surface area contributed by atoms with Gasteiger partial charge in [-0.2, -0.15) is 4.31 Å². The minimum atomic E-state index is -3.53. The fourth-order valence-electron chi connectivity index (χ4n) is 3.18. The van der Waals surface area contributed by atoms with Crippen molar-refractivity contribution in [2.75, 3.05) is 24.2 Å². The van der Waals surface area contributed by atoms with E-state index in [9.17, 15) is 13.2 Å². The Morgan fingerprint density at radius 2 is 1.79 bits per heavy atom. The van der Waals surface area contributed by atoms with Crippen molar-refractivity contribution in [2.45, 2.75) is 36.8 Å². The summed E-state index contributed by atoms with van der Waals surface area (Å²) >= 11 is 7.38. The summed E-state index contributed by atoms with van der Waals surface area (Å²) < 4.78 is 27.3. The third-order valence-electron chi connectivity index (χ3n) is 4.85. The molecule has 2 aromatic carbocycles. The van der Waals surface area contributed by atoms with Crippen molar-refractivity contribution in [2.24, 2.45) is 0 Å². The molecular weight excluding hydrogens is 428 g/mol. The van der Waals surface area contributed by atoms with E-state index in [0.717, 1.165) is 30.4 Å². The Balaban J connectivity index is 1.61. The molecule has 1 heterocycles. The van der Waals surface area contributed by atoms with Gasteiger partial charge in [-0.15, -0.1) is 11.8 Å². The fraction of sp³-hybridized carbons (Fsp3) is 0.381. The van der Waals surface area contributed by atoms with Gasteiger partial charge < -0.3 is 5.32 Å². The summed E-state index contributed by atoms with van der Waals surface area (Å²) in [6.07, 6.45) is 2.84. The number of carbonyl (C=O) groups is 1. The lowest BCUT2D eigenvalue weighted by atomic mass is 10.2. The lowest BCUT2D eigenvalue weighted by molar-refractivity contribution is -0.113. The van der Waals surface area contributed by atoms with Crippen LogP contribution in [0.25, 0.3) is 0 Å². The van der Waals surface area contributed by atoms with Crippen LogP contribution in [0.15, 0.2) is 47.4 Å². The third kappa shape index (κ3) is 5.98. The van der Waals surface area contributed by atoms with Crippen molar-refractivity contribution in [3.63, 3.8) is 0 Å². The van der Waals surface area contributed by atoms with Crippen LogP contribution in [0, 0.1) is 6.92 Å². The number of rotatable bonds is 7. The minimum absolute atomic E-state index is 0.153. The molecule has 156 valence electrons. The topological polar surface area (TPSA) is 66.5 Å². The van der Waals surface area contributed by atoms with Gasteiger partial charge in [-0.1, -0.05) is 36.2 Å². The van der Waals surface area contributed by atoms with Gasteiger partial charge in [0.1, 0.15) is 0 Å². The van der Waals surface area contributed by atoms with Gasteiger partial charge in [0.2, 0.25) is 15.9 Å². The average Bonchev–Trinajstić information content (AvgIpc) is 2.71. The van der Waals surface area contributed by atoms with E-state index in [0.29, 0.717) is 29.6 Å². The van der Waals surface area contributed by atoms with E-state index in [1.807, 2.05) is 31.2 Å². The molecule has 8 heteroatoms. The summed E-state index contributed by atoms with van der Waals surface area (Å²) in [4.78, 5) is 12.6. The Morgan fingerprint density at radius 3 is 2.48 bits per heavy atom. The second-order valence-electron chi connectivity index (χ2n) is 7.11. The molecule has 0 atom stereocenters. The van der Waals surface area contributed by atoms with Crippen molar-refractivity contribution >= 4 is 45.0 Å². The van der Waals surface area contributed by atoms with Gasteiger partial charge in [-0.25, -0.2) is 8.42 Å². The largest absolute Gasteiger partial charge is 0.325 e. The van der Waals surface area contributed by atoms with Gasteiger partial charge in [0.05, 0.1) is 10.6 Å². The lowest BCUT2D eigenvalue weighted by Gasteiger charge is -2.26. The number of sulfonamides is 1. The van der Waals surface area contributed by atoms with Crippen LogP contribution in [0.5, 0.6) is 0 Å². The molecule has 1 amide bonds. The molecule has 0 bridgehead atoms. The summed E-state index contributed by atoms with van der Waals surface area (Å²) in [7, 11) is -3.53. The van der Waals surface area contributed by atoms with E-state index in [1.165, 1.54) is 16.1 Å². The van der Waals surface area contributed by atoms with E-state index in [4.69, 9.17) is 11.6 Å². The quantitative estimate of drug-likeness (QED) is 0.661. The van der Waals surface area contributed by atoms with Crippen molar-refractivity contribution < 1.29 is 13.2 Å². The molecule has 0 aromatic heterocycles. The lowest BCUT2D eigenvalue weighted by Crippen LogP contribution is -2.35. The summed E-state index contributed by atoms with van der Waals surface area (Å²) in [5.41, 5.74) is 2.47. The highest BCUT2D eigenvalue weighted by atomic mass is 35.5. The number of nitrogens with zero attached hydrogens (tertiary/aromatic N) is 1. The predicted molar refractivity (Wildman–Crippen MR) is 120 cm³/mol. The highest BCUT2D eigenvalue weighted by Crippen LogP contribution is 2.25. The maximum absolute atomic E-state index is 12.9. The zero-order chi connectivity index (χ0) is 20.9. The molecule has 3 rings (SSSR count). The van der Waals surface area contributed by atoms with Gasteiger partial charge >= 0.3 is 0 Å². The first-order chi connectivity index (χ1) is 13.9. The van der Waals surface area contributed by atoms with E-state index in [1.54, 1.807) is 18.2 Å². The first-order valence-electron chi connectivity index (χ1n) is 9.59. The number of thioether (sulfide) groups is 1. The average molecular weight is 453 g/mol. The van der Waals surface area contributed by atoms with Crippen LogP contribution in [0.4, 0.5) is 5.69 Å². The molecule has 5 nitrogen and oxygen atoms in total. The first-order valence-corrected chi connectivity index (χ1v) is 12.6. The molecular formula is C21H25ClN2O3S2. The van der Waals surface area contributed by atoms with E-state index >= 15 is 0 Å². The summed E-state index contributed by atoms with van der Waals surface area (Å²) in [6.45, 7) is 2.96. The normalized spacial score (nSPS) is 15.2. The third-order valence-corrected chi connectivity index (χ3v) is 8.00. The number of aryl methyl sites for hydroxylation is 1. The van der Waals surface area contributed by atoms with Gasteiger partial charge in [0, 0.05) is 29.6 Å². The van der Waals surface area contributed by atoms with E-state index < -0.39 is 10.0 Å². The summed E-state index contributed by atoms with van der Waals surface area (Å²) in [5.74, 6) is 0.831. The molecule has 0 spiro atoms. The molecule has 1 aliphatic rings. The SMILES string of the molecule is Cc1ccc(S(=O)(=O)N2CCCCC2)cc1NC(=O)CSCc1ccc(Cl)cc1. The Hall–Kier alpha value is -1.54. The van der Waals surface area contributed by atoms with Crippen LogP contribution in [0.3, 0.4) is 0 Å². The fourth-order valence-corrected chi connectivity index (χ4v) is 5.64. The Morgan fingerprint density at radius 1 is 1.10 bits per heavy atom. The molecule has 0 aliphatic carbocycles. The monoisotopic (exact) mass is 452 g/mol. The van der Waals surface area contributed by atoms with Crippen molar-refractivity contribution in [1.29, 1.82) is 0 Å². The van der Waals surface area contributed by atoms with Crippen molar-refractivity contribution in [3.05, 3.63) is 58.6 Å². The molecule has 1 saturated heterocycles. The van der Waals surface area contributed by atoms with Gasteiger partial charge in [-0.3, -0.25) is 4.79 Å². The standard InChI is InChI=1S/C21H25ClN2O3S2/c1-16-5-10-19(29(26,27)24-11-3-2-4-12-24)13-20(16)23-21(25)15-28-14-17-6-8-18(22)9-7-17/h5-10,13H,2-4,11-12,14-15H2,1H3,(H,23,25). The van der Waals surface area contributed by atoms with E-state index in [2.05, 4.69) is 5.32 Å². The Bertz CT molecular complexity index is 956. The first kappa shape index (κ1) is 22.2. The number of anilines is 1. The van der Waals surface area contributed by atoms with Crippen LogP contribution in [0.1, 0.15) is 30.4 Å². The molecule has 1 fully saturated rings. The van der Waals surface area contributed by atoms with Gasteiger partial charge in [0.25, 0.3) is 0 Å². The number of amides is 1. The summed E-state index contributed by atoms with van der Waals surface area (Å²) in [6, 6.07) is 12.5. The number of hydrogen-bond acceptors (Lipinski definition) is 4. The molecule has 1 aliphatic heterocycles. The number of nitrogens with one attached hydrogen (secondary N) is 1. The number of hydrogen-bond donors (Lipinski definition) is 1. The van der Waals surface area contributed by atoms with Crippen molar-refractivity contribution in [1.82, 2.24) is 4.31 Å². The molecule has 0 radical (unpaired) electrons. The van der Waals surface area contributed by atoms with Gasteiger partial charge in [-0.05, 0) is 55.2 Å². The maximum Gasteiger partial charge on any atom is 0.243 e. The second-order valence-corrected chi connectivity index (χ2v) is 10.5. The molecule has 29 heavy (non-hydrogen) atoms. The molecule has 0 saturated carbocycles. The zero-order valence-electron chi connectivity index (χ0n) is 16.4. The van der Waals surface area contributed by atoms with Crippen LogP contribution >= 0.6 is 23.4 Å². The zero-order valence-corrected chi connectivity index (χ0v) is 18.7. The molecule has 0 unspecified atom stereocenters. The molecule has 2 aromatic rings.